The van der Waals surface area contributed by atoms with E-state index < -0.39 is 9.84 Å². The van der Waals surface area contributed by atoms with Gasteiger partial charge >= 0.3 is 0 Å². The van der Waals surface area contributed by atoms with Crippen molar-refractivity contribution in [3.63, 3.8) is 0 Å². The number of hydrogen-bond donors (Lipinski definition) is 0. The summed E-state index contributed by atoms with van der Waals surface area (Å²) in [4.78, 5) is 0.890. The Morgan fingerprint density at radius 2 is 1.04 bits per heavy atom. The fourth-order valence-electron chi connectivity index (χ4n) is 4.53. The third-order valence-electron chi connectivity index (χ3n) is 5.99. The van der Waals surface area contributed by atoms with Crippen LogP contribution in [0, 0.1) is 0 Å². The van der Waals surface area contributed by atoms with Gasteiger partial charge in [0, 0.05) is 0 Å². The lowest BCUT2D eigenvalue weighted by atomic mass is 9.98. The molecule has 0 radical (unpaired) electrons. The van der Waals surface area contributed by atoms with E-state index in [1.165, 1.54) is 62.5 Å². The number of hydrogen-bond acceptors (Lipinski definition) is 2. The molecule has 0 aromatic heterocycles. The second-order valence-corrected chi connectivity index (χ2v) is 9.56. The molecule has 2 aliphatic rings. The highest BCUT2D eigenvalue weighted by molar-refractivity contribution is 7.91. The molecular weight excluding hydrogens is 328 g/mol. The Morgan fingerprint density at radius 1 is 0.640 bits per heavy atom. The molecule has 2 aromatic carbocycles. The first-order valence-corrected chi connectivity index (χ1v) is 11.1. The molecule has 2 aliphatic carbocycles. The zero-order valence-electron chi connectivity index (χ0n) is 14.7. The van der Waals surface area contributed by atoms with E-state index in [-0.39, 0.29) is 0 Å². The molecule has 0 unspecified atom stereocenters. The van der Waals surface area contributed by atoms with Crippen LogP contribution in [0.1, 0.15) is 74.3 Å². The van der Waals surface area contributed by atoms with Gasteiger partial charge in [-0.15, -0.1) is 0 Å². The average Bonchev–Trinajstić information content (AvgIpc) is 3.36. The summed E-state index contributed by atoms with van der Waals surface area (Å²) in [5.41, 5.74) is 2.37. The maximum absolute atomic E-state index is 13.2. The van der Waals surface area contributed by atoms with Crippen molar-refractivity contribution < 1.29 is 8.42 Å². The molecule has 132 valence electrons. The second-order valence-electron chi connectivity index (χ2n) is 7.61. The van der Waals surface area contributed by atoms with Crippen LogP contribution in [0.15, 0.2) is 58.3 Å². The van der Waals surface area contributed by atoms with Gasteiger partial charge in [0.1, 0.15) is 0 Å². The molecule has 25 heavy (non-hydrogen) atoms. The van der Waals surface area contributed by atoms with Gasteiger partial charge in [-0.05, 0) is 72.9 Å². The Hall–Kier alpha value is -1.61. The molecule has 2 nitrogen and oxygen atoms in total. The monoisotopic (exact) mass is 354 g/mol. The van der Waals surface area contributed by atoms with Gasteiger partial charge in [-0.1, -0.05) is 49.9 Å². The highest BCUT2D eigenvalue weighted by Gasteiger charge is 2.23. The fourth-order valence-corrected chi connectivity index (χ4v) is 5.90. The van der Waals surface area contributed by atoms with Gasteiger partial charge in [0.15, 0.2) is 0 Å². The lowest BCUT2D eigenvalue weighted by Gasteiger charge is -2.14. The molecule has 0 spiro atoms. The first-order chi connectivity index (χ1) is 12.1. The van der Waals surface area contributed by atoms with Crippen LogP contribution in [0.4, 0.5) is 0 Å². The molecular formula is C22H26O2S. The van der Waals surface area contributed by atoms with E-state index in [1.807, 2.05) is 24.3 Å². The maximum atomic E-state index is 13.2. The Kier molecular flexibility index (Phi) is 4.68. The summed E-state index contributed by atoms with van der Waals surface area (Å²) >= 11 is 0. The van der Waals surface area contributed by atoms with Crippen LogP contribution in [-0.4, -0.2) is 8.42 Å². The second kappa shape index (κ2) is 6.95. The summed E-state index contributed by atoms with van der Waals surface area (Å²) in [6, 6.07) is 15.3. The standard InChI is InChI=1S/C22H26O2S/c23-25(24,21-13-5-11-19(15-21)17-7-1-2-8-17)22-14-6-12-20(16-22)18-9-3-4-10-18/h5-6,11-18H,1-4,7-10H2. The van der Waals surface area contributed by atoms with Gasteiger partial charge in [0.2, 0.25) is 9.84 Å². The maximum Gasteiger partial charge on any atom is 0.206 e. The SMILES string of the molecule is O=S(=O)(c1cccc(C2CCCC2)c1)c1cccc(C2CCCC2)c1. The molecule has 2 saturated carbocycles. The third-order valence-corrected chi connectivity index (χ3v) is 7.74. The van der Waals surface area contributed by atoms with Crippen LogP contribution in [0.3, 0.4) is 0 Å². The van der Waals surface area contributed by atoms with E-state index >= 15 is 0 Å². The highest BCUT2D eigenvalue weighted by atomic mass is 32.2. The molecule has 0 atom stereocenters. The van der Waals surface area contributed by atoms with Crippen molar-refractivity contribution >= 4 is 9.84 Å². The normalized spacial score (nSPS) is 19.5. The van der Waals surface area contributed by atoms with Crippen LogP contribution in [-0.2, 0) is 9.84 Å². The molecule has 0 N–H and O–H groups in total. The number of sulfone groups is 1. The van der Waals surface area contributed by atoms with Crippen molar-refractivity contribution in [2.45, 2.75) is 73.0 Å². The van der Waals surface area contributed by atoms with Gasteiger partial charge in [-0.3, -0.25) is 0 Å². The number of benzene rings is 2. The quantitative estimate of drug-likeness (QED) is 0.692. The summed E-state index contributed by atoms with van der Waals surface area (Å²) in [6.45, 7) is 0. The summed E-state index contributed by atoms with van der Waals surface area (Å²) in [5, 5.41) is 0. The molecule has 0 saturated heterocycles. The summed E-state index contributed by atoms with van der Waals surface area (Å²) in [7, 11) is -3.44. The van der Waals surface area contributed by atoms with E-state index in [0.717, 1.165) is 0 Å². The number of rotatable bonds is 4. The largest absolute Gasteiger partial charge is 0.219 e. The van der Waals surface area contributed by atoms with Crippen molar-refractivity contribution in [3.8, 4) is 0 Å². The van der Waals surface area contributed by atoms with E-state index in [1.54, 1.807) is 12.1 Å². The molecule has 2 fully saturated rings. The Labute approximate surface area is 151 Å². The Balaban J connectivity index is 1.67. The van der Waals surface area contributed by atoms with Gasteiger partial charge in [-0.2, -0.15) is 0 Å². The highest BCUT2D eigenvalue weighted by Crippen LogP contribution is 2.37. The van der Waals surface area contributed by atoms with E-state index in [2.05, 4.69) is 12.1 Å². The van der Waals surface area contributed by atoms with Crippen LogP contribution in [0.5, 0.6) is 0 Å². The molecule has 0 aliphatic heterocycles. The van der Waals surface area contributed by atoms with Crippen LogP contribution in [0.2, 0.25) is 0 Å². The van der Waals surface area contributed by atoms with E-state index in [9.17, 15) is 8.42 Å². The fraction of sp³-hybridized carbons (Fsp3) is 0.455. The van der Waals surface area contributed by atoms with Crippen molar-refractivity contribution in [2.75, 3.05) is 0 Å². The minimum absolute atomic E-state index is 0.445. The Bertz CT molecular complexity index is 776. The van der Waals surface area contributed by atoms with Gasteiger partial charge in [0.25, 0.3) is 0 Å². The topological polar surface area (TPSA) is 34.1 Å². The minimum Gasteiger partial charge on any atom is -0.219 e. The zero-order valence-corrected chi connectivity index (χ0v) is 15.5. The molecule has 0 amide bonds. The smallest absolute Gasteiger partial charge is 0.206 e. The minimum atomic E-state index is -3.44. The lowest BCUT2D eigenvalue weighted by molar-refractivity contribution is 0.595. The molecule has 0 heterocycles. The molecule has 4 rings (SSSR count). The molecule has 3 heteroatoms. The lowest BCUT2D eigenvalue weighted by Crippen LogP contribution is -2.05. The van der Waals surface area contributed by atoms with Crippen LogP contribution in [0.25, 0.3) is 0 Å². The first-order valence-electron chi connectivity index (χ1n) is 9.59. The third kappa shape index (κ3) is 3.39. The van der Waals surface area contributed by atoms with E-state index in [0.29, 0.717) is 21.6 Å². The first kappa shape index (κ1) is 16.8. The van der Waals surface area contributed by atoms with Gasteiger partial charge < -0.3 is 0 Å². The predicted octanol–water partition coefficient (Wildman–Crippen LogP) is 5.83. The summed E-state index contributed by atoms with van der Waals surface area (Å²) in [5.74, 6) is 1.06. The average molecular weight is 355 g/mol. The van der Waals surface area contributed by atoms with E-state index in [4.69, 9.17) is 0 Å². The van der Waals surface area contributed by atoms with Gasteiger partial charge in [0.05, 0.1) is 9.79 Å². The van der Waals surface area contributed by atoms with Gasteiger partial charge in [-0.25, -0.2) is 8.42 Å². The van der Waals surface area contributed by atoms with Crippen molar-refractivity contribution in [1.29, 1.82) is 0 Å². The van der Waals surface area contributed by atoms with Crippen molar-refractivity contribution in [3.05, 3.63) is 59.7 Å². The summed E-state index contributed by atoms with van der Waals surface area (Å²) < 4.78 is 26.3. The van der Waals surface area contributed by atoms with Crippen molar-refractivity contribution in [1.82, 2.24) is 0 Å². The molecule has 0 bridgehead atoms. The summed E-state index contributed by atoms with van der Waals surface area (Å²) in [6.07, 6.45) is 9.75. The van der Waals surface area contributed by atoms with Crippen LogP contribution >= 0.6 is 0 Å². The van der Waals surface area contributed by atoms with Crippen LogP contribution < -0.4 is 0 Å². The van der Waals surface area contributed by atoms with Crippen molar-refractivity contribution in [2.24, 2.45) is 0 Å². The predicted molar refractivity (Wildman–Crippen MR) is 101 cm³/mol. The molecule has 2 aromatic rings. The Morgan fingerprint density at radius 3 is 1.44 bits per heavy atom. The zero-order chi connectivity index (χ0) is 17.3.